The van der Waals surface area contributed by atoms with Crippen LogP contribution < -0.4 is 15.0 Å². The highest BCUT2D eigenvalue weighted by Crippen LogP contribution is 2.27. The quantitative estimate of drug-likeness (QED) is 0.937. The molecule has 0 radical (unpaired) electrons. The van der Waals surface area contributed by atoms with E-state index < -0.39 is 0 Å². The van der Waals surface area contributed by atoms with Crippen LogP contribution in [0.25, 0.3) is 0 Å². The number of ether oxygens (including phenoxy) is 1. The van der Waals surface area contributed by atoms with E-state index in [2.05, 4.69) is 22.3 Å². The zero-order chi connectivity index (χ0) is 14.7. The van der Waals surface area contributed by atoms with Crippen LogP contribution in [0.5, 0.6) is 5.75 Å². The van der Waals surface area contributed by atoms with Crippen LogP contribution in [-0.4, -0.2) is 26.1 Å². The molecule has 0 unspecified atom stereocenters. The van der Waals surface area contributed by atoms with Gasteiger partial charge in [0.05, 0.1) is 13.7 Å². The summed E-state index contributed by atoms with van der Waals surface area (Å²) in [7, 11) is 1.62. The number of carbonyl (C=O) groups excluding carboxylic acids is 1. The lowest BCUT2D eigenvalue weighted by Gasteiger charge is -2.18. The molecule has 0 bridgehead atoms. The molecule has 21 heavy (non-hydrogen) atoms. The van der Waals surface area contributed by atoms with Gasteiger partial charge in [-0.1, -0.05) is 18.2 Å². The number of carbonyl (C=O) groups is 1. The topological polar surface area (TPSA) is 41.6 Å². The number of hydrogen-bond acceptors (Lipinski definition) is 3. The number of anilines is 2. The third-order valence-corrected chi connectivity index (χ3v) is 3.69. The molecule has 1 aliphatic rings. The summed E-state index contributed by atoms with van der Waals surface area (Å²) in [5, 5.41) is 2.91. The minimum atomic E-state index is -0.00290. The molecule has 1 heterocycles. The van der Waals surface area contributed by atoms with Crippen molar-refractivity contribution >= 4 is 17.3 Å². The van der Waals surface area contributed by atoms with Gasteiger partial charge < -0.3 is 15.0 Å². The number of amides is 1. The number of methoxy groups -OCH3 is 1. The van der Waals surface area contributed by atoms with Crippen LogP contribution in [0, 0.1) is 0 Å². The van der Waals surface area contributed by atoms with Crippen molar-refractivity contribution in [3.8, 4) is 5.75 Å². The lowest BCUT2D eigenvalue weighted by atomic mass is 10.2. The second-order valence-corrected chi connectivity index (χ2v) is 5.08. The highest BCUT2D eigenvalue weighted by Gasteiger charge is 2.20. The summed E-state index contributed by atoms with van der Waals surface area (Å²) in [6.07, 6.45) is 1.01. The largest absolute Gasteiger partial charge is 0.497 e. The fraction of sp³-hybridized carbons (Fsp3) is 0.235. The monoisotopic (exact) mass is 282 g/mol. The zero-order valence-electron chi connectivity index (χ0n) is 12.0. The number of rotatable bonds is 4. The first-order valence-electron chi connectivity index (χ1n) is 7.03. The van der Waals surface area contributed by atoms with E-state index in [0.29, 0.717) is 6.54 Å². The Balaban J connectivity index is 1.62. The Morgan fingerprint density at radius 3 is 2.71 bits per heavy atom. The summed E-state index contributed by atoms with van der Waals surface area (Å²) in [4.78, 5) is 14.3. The van der Waals surface area contributed by atoms with E-state index >= 15 is 0 Å². The predicted molar refractivity (Wildman–Crippen MR) is 84.0 cm³/mol. The van der Waals surface area contributed by atoms with E-state index in [1.807, 2.05) is 36.4 Å². The Labute approximate surface area is 124 Å². The lowest BCUT2D eigenvalue weighted by Crippen LogP contribution is -2.31. The molecule has 4 heteroatoms. The molecule has 1 amide bonds. The van der Waals surface area contributed by atoms with Gasteiger partial charge in [-0.2, -0.15) is 0 Å². The molecule has 0 aromatic heterocycles. The summed E-state index contributed by atoms with van der Waals surface area (Å²) >= 11 is 0. The molecule has 1 N–H and O–H groups in total. The van der Waals surface area contributed by atoms with Gasteiger partial charge in [-0.05, 0) is 42.3 Å². The van der Waals surface area contributed by atoms with Gasteiger partial charge in [0.2, 0.25) is 5.91 Å². The molecule has 4 nitrogen and oxygen atoms in total. The Hall–Kier alpha value is -2.49. The fourth-order valence-corrected chi connectivity index (χ4v) is 2.62. The SMILES string of the molecule is COc1ccc(NC(=O)CN2CCc3ccccc32)cc1. The van der Waals surface area contributed by atoms with Crippen molar-refractivity contribution in [2.75, 3.05) is 30.4 Å². The van der Waals surface area contributed by atoms with Crippen LogP contribution in [0.1, 0.15) is 5.56 Å². The van der Waals surface area contributed by atoms with Crippen LogP contribution in [-0.2, 0) is 11.2 Å². The average molecular weight is 282 g/mol. The molecule has 0 fully saturated rings. The van der Waals surface area contributed by atoms with Gasteiger partial charge in [0.25, 0.3) is 0 Å². The number of para-hydroxylation sites is 1. The molecule has 0 saturated heterocycles. The van der Waals surface area contributed by atoms with Gasteiger partial charge >= 0.3 is 0 Å². The summed E-state index contributed by atoms with van der Waals surface area (Å²) in [6, 6.07) is 15.6. The maximum Gasteiger partial charge on any atom is 0.243 e. The molecule has 0 atom stereocenters. The molecule has 1 aliphatic heterocycles. The van der Waals surface area contributed by atoms with Crippen molar-refractivity contribution in [1.82, 2.24) is 0 Å². The molecule has 108 valence electrons. The number of benzene rings is 2. The van der Waals surface area contributed by atoms with Crippen molar-refractivity contribution in [3.05, 3.63) is 54.1 Å². The summed E-state index contributed by atoms with van der Waals surface area (Å²) in [5.74, 6) is 0.776. The van der Waals surface area contributed by atoms with Crippen LogP contribution in [0.15, 0.2) is 48.5 Å². The maximum absolute atomic E-state index is 12.1. The standard InChI is InChI=1S/C17H18N2O2/c1-21-15-8-6-14(7-9-15)18-17(20)12-19-11-10-13-4-2-3-5-16(13)19/h2-9H,10-12H2,1H3,(H,18,20). The number of nitrogens with zero attached hydrogens (tertiary/aromatic N) is 1. The third kappa shape index (κ3) is 2.99. The van der Waals surface area contributed by atoms with Crippen molar-refractivity contribution < 1.29 is 9.53 Å². The molecule has 0 saturated carbocycles. The van der Waals surface area contributed by atoms with E-state index in [0.717, 1.165) is 24.4 Å². The van der Waals surface area contributed by atoms with Gasteiger partial charge in [-0.25, -0.2) is 0 Å². The molecular formula is C17H18N2O2. The normalized spacial score (nSPS) is 12.9. The second kappa shape index (κ2) is 5.87. The average Bonchev–Trinajstić information content (AvgIpc) is 2.91. The Kier molecular flexibility index (Phi) is 3.77. The minimum absolute atomic E-state index is 0.00290. The number of hydrogen-bond donors (Lipinski definition) is 1. The van der Waals surface area contributed by atoms with Crippen LogP contribution in [0.3, 0.4) is 0 Å². The number of nitrogens with one attached hydrogen (secondary N) is 1. The van der Waals surface area contributed by atoms with Gasteiger partial charge in [0, 0.05) is 17.9 Å². The van der Waals surface area contributed by atoms with Gasteiger partial charge in [0.15, 0.2) is 0 Å². The van der Waals surface area contributed by atoms with E-state index in [4.69, 9.17) is 4.74 Å². The lowest BCUT2D eigenvalue weighted by molar-refractivity contribution is -0.115. The maximum atomic E-state index is 12.1. The van der Waals surface area contributed by atoms with Gasteiger partial charge in [-0.3, -0.25) is 4.79 Å². The number of fused-ring (bicyclic) bond motifs is 1. The molecule has 2 aromatic carbocycles. The van der Waals surface area contributed by atoms with Crippen LogP contribution in [0.2, 0.25) is 0 Å². The molecule has 0 spiro atoms. The predicted octanol–water partition coefficient (Wildman–Crippen LogP) is 2.70. The van der Waals surface area contributed by atoms with Crippen molar-refractivity contribution in [1.29, 1.82) is 0 Å². The highest BCUT2D eigenvalue weighted by atomic mass is 16.5. The van der Waals surface area contributed by atoms with Crippen molar-refractivity contribution in [2.24, 2.45) is 0 Å². The molecular weight excluding hydrogens is 264 g/mol. The van der Waals surface area contributed by atoms with E-state index in [1.54, 1.807) is 7.11 Å². The van der Waals surface area contributed by atoms with Crippen LogP contribution >= 0.6 is 0 Å². The zero-order valence-corrected chi connectivity index (χ0v) is 12.0. The van der Waals surface area contributed by atoms with Gasteiger partial charge in [0.1, 0.15) is 5.75 Å². The van der Waals surface area contributed by atoms with E-state index in [1.165, 1.54) is 11.3 Å². The summed E-state index contributed by atoms with van der Waals surface area (Å²) in [6.45, 7) is 1.28. The molecule has 3 rings (SSSR count). The van der Waals surface area contributed by atoms with E-state index in [-0.39, 0.29) is 5.91 Å². The Morgan fingerprint density at radius 1 is 1.19 bits per heavy atom. The first-order valence-corrected chi connectivity index (χ1v) is 7.03. The molecule has 2 aromatic rings. The highest BCUT2D eigenvalue weighted by molar-refractivity contribution is 5.94. The van der Waals surface area contributed by atoms with Gasteiger partial charge in [-0.15, -0.1) is 0 Å². The smallest absolute Gasteiger partial charge is 0.243 e. The molecule has 0 aliphatic carbocycles. The summed E-state index contributed by atoms with van der Waals surface area (Å²) in [5.41, 5.74) is 3.27. The fourth-order valence-electron chi connectivity index (χ4n) is 2.62. The second-order valence-electron chi connectivity index (χ2n) is 5.08. The first-order chi connectivity index (χ1) is 10.3. The first kappa shape index (κ1) is 13.5. The van der Waals surface area contributed by atoms with Crippen molar-refractivity contribution in [2.45, 2.75) is 6.42 Å². The van der Waals surface area contributed by atoms with Crippen LogP contribution in [0.4, 0.5) is 11.4 Å². The Bertz CT molecular complexity index is 637. The third-order valence-electron chi connectivity index (χ3n) is 3.69. The minimum Gasteiger partial charge on any atom is -0.497 e. The van der Waals surface area contributed by atoms with Crippen molar-refractivity contribution in [3.63, 3.8) is 0 Å². The van der Waals surface area contributed by atoms with E-state index in [9.17, 15) is 4.79 Å². The summed E-state index contributed by atoms with van der Waals surface area (Å²) < 4.78 is 5.10. The Morgan fingerprint density at radius 2 is 1.95 bits per heavy atom.